The van der Waals surface area contributed by atoms with Crippen molar-refractivity contribution in [3.63, 3.8) is 0 Å². The topological polar surface area (TPSA) is 93.4 Å². The number of anilines is 2. The molecule has 2 aromatic carbocycles. The van der Waals surface area contributed by atoms with E-state index in [2.05, 4.69) is 20.2 Å². The molecule has 36 heavy (non-hydrogen) atoms. The number of aromatic nitrogens is 2. The van der Waals surface area contributed by atoms with Crippen LogP contribution in [0.2, 0.25) is 5.02 Å². The Morgan fingerprint density at radius 1 is 1.06 bits per heavy atom. The van der Waals surface area contributed by atoms with Gasteiger partial charge >= 0.3 is 0 Å². The largest absolute Gasteiger partial charge is 0.492 e. The van der Waals surface area contributed by atoms with Crippen molar-refractivity contribution in [1.82, 2.24) is 14.9 Å². The molecule has 0 spiro atoms. The van der Waals surface area contributed by atoms with Crippen LogP contribution in [0.4, 0.5) is 11.6 Å². The quantitative estimate of drug-likeness (QED) is 0.270. The van der Waals surface area contributed by atoms with Gasteiger partial charge in [0.1, 0.15) is 24.0 Å². The number of ether oxygens (including phenoxy) is 1. The maximum Gasteiger partial charge on any atom is 0.166 e. The average molecular weight is 504 g/mol. The van der Waals surface area contributed by atoms with Gasteiger partial charge in [0.05, 0.1) is 10.6 Å². The second-order valence-corrected chi connectivity index (χ2v) is 9.31. The van der Waals surface area contributed by atoms with E-state index in [1.165, 1.54) is 0 Å². The summed E-state index contributed by atoms with van der Waals surface area (Å²) in [5.74, 6) is 1.83. The second kappa shape index (κ2) is 11.8. The first-order chi connectivity index (χ1) is 17.4. The lowest BCUT2D eigenvalue weighted by Crippen LogP contribution is -2.19. The van der Waals surface area contributed by atoms with Crippen molar-refractivity contribution in [1.29, 1.82) is 0 Å². The monoisotopic (exact) mass is 503 g/mol. The SMILES string of the molecule is CN(C)CCOc1ccc(CNc2ncc(Cl)cc2C(=O)CCc2ccc3c(N)nccc3c2)cc1. The number of ketones is 1. The highest BCUT2D eigenvalue weighted by molar-refractivity contribution is 6.31. The van der Waals surface area contributed by atoms with Gasteiger partial charge in [-0.15, -0.1) is 0 Å². The third-order valence-electron chi connectivity index (χ3n) is 5.85. The van der Waals surface area contributed by atoms with Gasteiger partial charge in [-0.2, -0.15) is 0 Å². The van der Waals surface area contributed by atoms with Crippen LogP contribution in [0.1, 0.15) is 27.9 Å². The van der Waals surface area contributed by atoms with E-state index in [1.807, 2.05) is 62.6 Å². The summed E-state index contributed by atoms with van der Waals surface area (Å²) in [5.41, 5.74) is 8.53. The summed E-state index contributed by atoms with van der Waals surface area (Å²) in [6.45, 7) is 2.01. The fourth-order valence-electron chi connectivity index (χ4n) is 3.83. The number of nitrogen functional groups attached to an aromatic ring is 1. The maximum atomic E-state index is 13.1. The van der Waals surface area contributed by atoms with Crippen LogP contribution < -0.4 is 15.8 Å². The van der Waals surface area contributed by atoms with Gasteiger partial charge < -0.3 is 20.7 Å². The van der Waals surface area contributed by atoms with Gasteiger partial charge in [0.15, 0.2) is 5.78 Å². The summed E-state index contributed by atoms with van der Waals surface area (Å²) in [7, 11) is 4.03. The van der Waals surface area contributed by atoms with Gasteiger partial charge in [-0.25, -0.2) is 9.97 Å². The van der Waals surface area contributed by atoms with E-state index in [-0.39, 0.29) is 5.78 Å². The fraction of sp³-hybridized carbons (Fsp3) is 0.250. The number of likely N-dealkylation sites (N-methyl/N-ethyl adjacent to an activating group) is 1. The Kier molecular flexibility index (Phi) is 8.36. The van der Waals surface area contributed by atoms with Gasteiger partial charge in [0.2, 0.25) is 0 Å². The van der Waals surface area contributed by atoms with Gasteiger partial charge in [0.25, 0.3) is 0 Å². The number of rotatable bonds is 11. The highest BCUT2D eigenvalue weighted by Crippen LogP contribution is 2.24. The van der Waals surface area contributed by atoms with Crippen LogP contribution in [-0.4, -0.2) is 47.9 Å². The molecule has 0 aliphatic rings. The average Bonchev–Trinajstić information content (AvgIpc) is 2.87. The van der Waals surface area contributed by atoms with E-state index < -0.39 is 0 Å². The zero-order chi connectivity index (χ0) is 25.5. The van der Waals surface area contributed by atoms with Crippen LogP contribution in [0.25, 0.3) is 10.8 Å². The molecule has 0 saturated carbocycles. The molecule has 0 radical (unpaired) electrons. The maximum absolute atomic E-state index is 13.1. The van der Waals surface area contributed by atoms with E-state index in [0.717, 1.165) is 34.2 Å². The van der Waals surface area contributed by atoms with E-state index in [9.17, 15) is 4.79 Å². The summed E-state index contributed by atoms with van der Waals surface area (Å²) in [6.07, 6.45) is 4.16. The number of benzene rings is 2. The molecule has 3 N–H and O–H groups in total. The lowest BCUT2D eigenvalue weighted by atomic mass is 10.0. The number of nitrogens with one attached hydrogen (secondary N) is 1. The van der Waals surface area contributed by atoms with Gasteiger partial charge in [0, 0.05) is 37.3 Å². The van der Waals surface area contributed by atoms with E-state index in [0.29, 0.717) is 48.2 Å². The predicted octanol–water partition coefficient (Wildman–Crippen LogP) is 5.23. The molecule has 0 saturated heterocycles. The first-order valence-corrected chi connectivity index (χ1v) is 12.2. The number of Topliss-reactive ketones (excluding diaryl/α,β-unsaturated/α-hetero) is 1. The number of halogens is 1. The third-order valence-corrected chi connectivity index (χ3v) is 6.05. The number of aryl methyl sites for hydroxylation is 1. The Morgan fingerprint density at radius 3 is 2.61 bits per heavy atom. The Labute approximate surface area is 216 Å². The molecule has 2 heterocycles. The van der Waals surface area contributed by atoms with Gasteiger partial charge in [-0.1, -0.05) is 41.9 Å². The highest BCUT2D eigenvalue weighted by atomic mass is 35.5. The summed E-state index contributed by atoms with van der Waals surface area (Å²) in [5, 5.41) is 5.63. The third kappa shape index (κ3) is 6.71. The summed E-state index contributed by atoms with van der Waals surface area (Å²) in [4.78, 5) is 23.7. The second-order valence-electron chi connectivity index (χ2n) is 8.87. The van der Waals surface area contributed by atoms with Crippen LogP contribution in [-0.2, 0) is 13.0 Å². The molecule has 2 aromatic heterocycles. The number of nitrogens with two attached hydrogens (primary N) is 1. The first kappa shape index (κ1) is 25.4. The molecule has 0 aliphatic carbocycles. The lowest BCUT2D eigenvalue weighted by molar-refractivity contribution is 0.0983. The van der Waals surface area contributed by atoms with Crippen molar-refractivity contribution in [3.05, 3.63) is 88.7 Å². The predicted molar refractivity (Wildman–Crippen MR) is 146 cm³/mol. The van der Waals surface area contributed by atoms with Crippen molar-refractivity contribution >= 4 is 39.8 Å². The van der Waals surface area contributed by atoms with Gasteiger partial charge in [-0.05, 0) is 61.3 Å². The highest BCUT2D eigenvalue weighted by Gasteiger charge is 2.14. The number of fused-ring (bicyclic) bond motifs is 1. The number of carbonyl (C=O) groups is 1. The molecule has 0 fully saturated rings. The molecule has 0 bridgehead atoms. The van der Waals surface area contributed by atoms with E-state index >= 15 is 0 Å². The summed E-state index contributed by atoms with van der Waals surface area (Å²) >= 11 is 6.18. The standard InChI is InChI=1S/C28H30ClN5O2/c1-34(2)13-14-36-23-7-3-20(4-8-23)17-32-28-25(16-22(29)18-33-28)26(35)10-6-19-5-9-24-21(15-19)11-12-31-27(24)30/h3-5,7-9,11-12,15-16,18H,6,10,13-14,17H2,1-2H3,(H2,30,31)(H,32,33). The minimum Gasteiger partial charge on any atom is -0.492 e. The first-order valence-electron chi connectivity index (χ1n) is 11.8. The molecule has 0 aliphatic heterocycles. The van der Waals surface area contributed by atoms with Crippen LogP contribution in [0.5, 0.6) is 5.75 Å². The van der Waals surface area contributed by atoms with Crippen LogP contribution in [0, 0.1) is 0 Å². The normalized spacial score (nSPS) is 11.1. The van der Waals surface area contributed by atoms with Crippen molar-refractivity contribution < 1.29 is 9.53 Å². The molecule has 8 heteroatoms. The Balaban J connectivity index is 1.38. The van der Waals surface area contributed by atoms with Crippen LogP contribution >= 0.6 is 11.6 Å². The zero-order valence-corrected chi connectivity index (χ0v) is 21.3. The summed E-state index contributed by atoms with van der Waals surface area (Å²) < 4.78 is 5.75. The number of pyridine rings is 2. The Morgan fingerprint density at radius 2 is 1.83 bits per heavy atom. The molecule has 4 rings (SSSR count). The number of hydrogen-bond acceptors (Lipinski definition) is 7. The molecule has 4 aromatic rings. The minimum atomic E-state index is -0.0218. The Bertz CT molecular complexity index is 1340. The molecule has 0 amide bonds. The van der Waals surface area contributed by atoms with Gasteiger partial charge in [-0.3, -0.25) is 4.79 Å². The lowest BCUT2D eigenvalue weighted by Gasteiger charge is -2.13. The van der Waals surface area contributed by atoms with Crippen LogP contribution in [0.3, 0.4) is 0 Å². The number of carbonyl (C=O) groups excluding carboxylic acids is 1. The number of nitrogens with zero attached hydrogens (tertiary/aromatic N) is 3. The molecule has 0 unspecified atom stereocenters. The van der Waals surface area contributed by atoms with Crippen LogP contribution in [0.15, 0.2) is 67.0 Å². The van der Waals surface area contributed by atoms with E-state index in [1.54, 1.807) is 18.5 Å². The fourth-order valence-corrected chi connectivity index (χ4v) is 3.98. The molecule has 0 atom stereocenters. The molecular formula is C28H30ClN5O2. The van der Waals surface area contributed by atoms with Crippen molar-refractivity contribution in [2.75, 3.05) is 38.3 Å². The van der Waals surface area contributed by atoms with Crippen molar-refractivity contribution in [3.8, 4) is 5.75 Å². The zero-order valence-electron chi connectivity index (χ0n) is 20.5. The van der Waals surface area contributed by atoms with Crippen molar-refractivity contribution in [2.45, 2.75) is 19.4 Å². The Hall–Kier alpha value is -3.68. The summed E-state index contributed by atoms with van der Waals surface area (Å²) in [6, 6.07) is 17.5. The van der Waals surface area contributed by atoms with E-state index in [4.69, 9.17) is 22.1 Å². The smallest absolute Gasteiger partial charge is 0.166 e. The molecular weight excluding hydrogens is 474 g/mol. The molecule has 7 nitrogen and oxygen atoms in total. The minimum absolute atomic E-state index is 0.0218. The number of hydrogen-bond donors (Lipinski definition) is 2. The molecule has 186 valence electrons. The van der Waals surface area contributed by atoms with Crippen molar-refractivity contribution in [2.24, 2.45) is 0 Å².